The molecule has 26 heavy (non-hydrogen) atoms. The molecule has 1 aliphatic heterocycles. The number of carbonyl (C=O) groups excluding carboxylic acids is 2. The van der Waals surface area contributed by atoms with Gasteiger partial charge in [0.25, 0.3) is 0 Å². The Hall–Kier alpha value is -1.59. The molecule has 0 aromatic heterocycles. The van der Waals surface area contributed by atoms with Crippen LogP contribution in [0.2, 0.25) is 5.02 Å². The maximum absolute atomic E-state index is 13.1. The van der Waals surface area contributed by atoms with Crippen molar-refractivity contribution in [3.8, 4) is 0 Å². The van der Waals surface area contributed by atoms with Gasteiger partial charge in [0.2, 0.25) is 11.8 Å². The first kappa shape index (κ1) is 19.2. The number of rotatable bonds is 4. The summed E-state index contributed by atoms with van der Waals surface area (Å²) in [7, 11) is 0. The standard InChI is InChI=1S/C20H28ClN3O2/c1-14(23-19(25)15-7-3-2-4-8-15)20(26)24-12-11-22-13-18(24)16-9-5-6-10-17(16)21/h5-6,9-10,14-15,18,22H,2-4,7-8,11-13H2,1H3,(H,23,25)/t14-,18?/m0/s1. The molecule has 1 heterocycles. The maximum atomic E-state index is 13.1. The maximum Gasteiger partial charge on any atom is 0.245 e. The summed E-state index contributed by atoms with van der Waals surface area (Å²) in [5, 5.41) is 6.95. The smallest absolute Gasteiger partial charge is 0.245 e. The third-order valence-corrected chi connectivity index (χ3v) is 5.84. The quantitative estimate of drug-likeness (QED) is 0.848. The molecule has 1 aromatic carbocycles. The van der Waals surface area contributed by atoms with Crippen molar-refractivity contribution < 1.29 is 9.59 Å². The number of hydrogen-bond donors (Lipinski definition) is 2. The van der Waals surface area contributed by atoms with Gasteiger partial charge in [-0.05, 0) is 31.4 Å². The van der Waals surface area contributed by atoms with Crippen molar-refractivity contribution in [2.75, 3.05) is 19.6 Å². The summed E-state index contributed by atoms with van der Waals surface area (Å²) >= 11 is 6.36. The third-order valence-electron chi connectivity index (χ3n) is 5.50. The molecule has 1 saturated carbocycles. The molecule has 2 amide bonds. The number of amides is 2. The van der Waals surface area contributed by atoms with Crippen molar-refractivity contribution in [1.82, 2.24) is 15.5 Å². The lowest BCUT2D eigenvalue weighted by Gasteiger charge is -2.38. The zero-order valence-corrected chi connectivity index (χ0v) is 16.1. The molecule has 6 heteroatoms. The summed E-state index contributed by atoms with van der Waals surface area (Å²) in [6.07, 6.45) is 5.28. The predicted octanol–water partition coefficient (Wildman–Crippen LogP) is 2.90. The Morgan fingerprint density at radius 2 is 1.96 bits per heavy atom. The van der Waals surface area contributed by atoms with E-state index in [4.69, 9.17) is 11.6 Å². The molecule has 0 radical (unpaired) electrons. The average Bonchev–Trinajstić information content (AvgIpc) is 2.68. The van der Waals surface area contributed by atoms with Gasteiger partial charge in [-0.15, -0.1) is 0 Å². The molecule has 2 N–H and O–H groups in total. The monoisotopic (exact) mass is 377 g/mol. The van der Waals surface area contributed by atoms with E-state index < -0.39 is 6.04 Å². The van der Waals surface area contributed by atoms with Crippen LogP contribution in [0.15, 0.2) is 24.3 Å². The fourth-order valence-electron chi connectivity index (χ4n) is 4.00. The molecule has 1 aliphatic carbocycles. The molecule has 0 spiro atoms. The van der Waals surface area contributed by atoms with Gasteiger partial charge < -0.3 is 15.5 Å². The minimum Gasteiger partial charge on any atom is -0.344 e. The molecule has 2 atom stereocenters. The van der Waals surface area contributed by atoms with E-state index in [2.05, 4.69) is 10.6 Å². The second-order valence-electron chi connectivity index (χ2n) is 7.34. The molecule has 1 saturated heterocycles. The lowest BCUT2D eigenvalue weighted by Crippen LogP contribution is -2.55. The van der Waals surface area contributed by atoms with Gasteiger partial charge in [-0.3, -0.25) is 9.59 Å². The molecule has 2 aliphatic rings. The second kappa shape index (κ2) is 8.87. The van der Waals surface area contributed by atoms with Crippen molar-refractivity contribution in [2.45, 2.75) is 51.1 Å². The fourth-order valence-corrected chi connectivity index (χ4v) is 4.26. The van der Waals surface area contributed by atoms with Crippen LogP contribution in [-0.4, -0.2) is 42.4 Å². The van der Waals surface area contributed by atoms with Crippen LogP contribution in [0, 0.1) is 5.92 Å². The van der Waals surface area contributed by atoms with Gasteiger partial charge in [0.05, 0.1) is 6.04 Å². The highest BCUT2D eigenvalue weighted by molar-refractivity contribution is 6.31. The summed E-state index contributed by atoms with van der Waals surface area (Å²) < 4.78 is 0. The zero-order valence-electron chi connectivity index (χ0n) is 15.3. The third kappa shape index (κ3) is 4.38. The first-order chi connectivity index (χ1) is 12.6. The molecule has 1 aromatic rings. The normalized spacial score (nSPS) is 22.7. The number of halogens is 1. The summed E-state index contributed by atoms with van der Waals surface area (Å²) in [5.74, 6) is 0.0388. The van der Waals surface area contributed by atoms with Gasteiger partial charge >= 0.3 is 0 Å². The van der Waals surface area contributed by atoms with Crippen LogP contribution in [0.1, 0.15) is 50.6 Å². The molecule has 1 unspecified atom stereocenters. The van der Waals surface area contributed by atoms with E-state index in [0.717, 1.165) is 37.8 Å². The van der Waals surface area contributed by atoms with Gasteiger partial charge in [-0.1, -0.05) is 49.1 Å². The first-order valence-corrected chi connectivity index (χ1v) is 10.0. The van der Waals surface area contributed by atoms with Crippen molar-refractivity contribution in [2.24, 2.45) is 5.92 Å². The van der Waals surface area contributed by atoms with Gasteiger partial charge in [-0.2, -0.15) is 0 Å². The van der Waals surface area contributed by atoms with E-state index in [1.54, 1.807) is 6.92 Å². The number of carbonyl (C=O) groups is 2. The molecule has 142 valence electrons. The van der Waals surface area contributed by atoms with Gasteiger partial charge in [0.1, 0.15) is 6.04 Å². The van der Waals surface area contributed by atoms with Crippen LogP contribution in [0.4, 0.5) is 0 Å². The van der Waals surface area contributed by atoms with Crippen LogP contribution in [0.25, 0.3) is 0 Å². The highest BCUT2D eigenvalue weighted by Gasteiger charge is 2.33. The van der Waals surface area contributed by atoms with E-state index >= 15 is 0 Å². The first-order valence-electron chi connectivity index (χ1n) is 9.64. The van der Waals surface area contributed by atoms with E-state index in [1.165, 1.54) is 6.42 Å². The number of benzene rings is 1. The molecular formula is C20H28ClN3O2. The Morgan fingerprint density at radius 1 is 1.23 bits per heavy atom. The number of hydrogen-bond acceptors (Lipinski definition) is 3. The second-order valence-corrected chi connectivity index (χ2v) is 7.75. The van der Waals surface area contributed by atoms with Gasteiger partial charge in [0, 0.05) is 30.6 Å². The molecule has 3 rings (SSSR count). The molecular weight excluding hydrogens is 350 g/mol. The largest absolute Gasteiger partial charge is 0.344 e. The molecule has 2 fully saturated rings. The minimum absolute atomic E-state index is 0.0231. The van der Waals surface area contributed by atoms with E-state index in [0.29, 0.717) is 18.1 Å². The zero-order chi connectivity index (χ0) is 18.5. The summed E-state index contributed by atoms with van der Waals surface area (Å²) in [6, 6.07) is 7.01. The van der Waals surface area contributed by atoms with Crippen molar-refractivity contribution in [3.05, 3.63) is 34.9 Å². The lowest BCUT2D eigenvalue weighted by molar-refractivity contribution is -0.139. The highest BCUT2D eigenvalue weighted by Crippen LogP contribution is 2.29. The lowest BCUT2D eigenvalue weighted by atomic mass is 9.88. The average molecular weight is 378 g/mol. The van der Waals surface area contributed by atoms with Crippen LogP contribution in [0.3, 0.4) is 0 Å². The van der Waals surface area contributed by atoms with E-state index in [1.807, 2.05) is 29.2 Å². The topological polar surface area (TPSA) is 61.4 Å². The van der Waals surface area contributed by atoms with E-state index in [-0.39, 0.29) is 23.8 Å². The van der Waals surface area contributed by atoms with Gasteiger partial charge in [-0.25, -0.2) is 0 Å². The summed E-state index contributed by atoms with van der Waals surface area (Å²) in [4.78, 5) is 27.4. The van der Waals surface area contributed by atoms with Crippen molar-refractivity contribution >= 4 is 23.4 Å². The van der Waals surface area contributed by atoms with Crippen LogP contribution in [-0.2, 0) is 9.59 Å². The minimum atomic E-state index is -0.521. The predicted molar refractivity (Wildman–Crippen MR) is 103 cm³/mol. The molecule has 5 nitrogen and oxygen atoms in total. The fraction of sp³-hybridized carbons (Fsp3) is 0.600. The van der Waals surface area contributed by atoms with E-state index in [9.17, 15) is 9.59 Å². The Balaban J connectivity index is 1.67. The van der Waals surface area contributed by atoms with Crippen LogP contribution >= 0.6 is 11.6 Å². The summed E-state index contributed by atoms with van der Waals surface area (Å²) in [6.45, 7) is 3.81. The van der Waals surface area contributed by atoms with Crippen molar-refractivity contribution in [1.29, 1.82) is 0 Å². The Labute approximate surface area is 160 Å². The number of nitrogens with zero attached hydrogens (tertiary/aromatic N) is 1. The van der Waals surface area contributed by atoms with Crippen LogP contribution in [0.5, 0.6) is 0 Å². The Kier molecular flexibility index (Phi) is 6.54. The Bertz CT molecular complexity index is 646. The Morgan fingerprint density at radius 3 is 2.69 bits per heavy atom. The SMILES string of the molecule is C[C@H](NC(=O)C1CCCCC1)C(=O)N1CCNCC1c1ccccc1Cl. The summed E-state index contributed by atoms with van der Waals surface area (Å²) in [5.41, 5.74) is 0.945. The number of piperazine rings is 1. The number of nitrogens with one attached hydrogen (secondary N) is 2. The van der Waals surface area contributed by atoms with Crippen molar-refractivity contribution in [3.63, 3.8) is 0 Å². The van der Waals surface area contributed by atoms with Crippen LogP contribution < -0.4 is 10.6 Å². The highest BCUT2D eigenvalue weighted by atomic mass is 35.5. The molecule has 0 bridgehead atoms. The van der Waals surface area contributed by atoms with Gasteiger partial charge in [0.15, 0.2) is 0 Å².